The van der Waals surface area contributed by atoms with Crippen LogP contribution < -0.4 is 4.74 Å². The molecule has 0 unspecified atom stereocenters. The third kappa shape index (κ3) is 3.26. The van der Waals surface area contributed by atoms with E-state index in [9.17, 15) is 13.6 Å². The SMILES string of the molecule is COC(=O)c1cc(OC(F)F)c(I)cc1C#N. The molecule has 0 bridgehead atoms. The Balaban J connectivity index is 3.28. The predicted octanol–water partition coefficient (Wildman–Crippen LogP) is 2.55. The normalized spacial score (nSPS) is 9.88. The number of esters is 1. The van der Waals surface area contributed by atoms with E-state index in [1.807, 2.05) is 0 Å². The zero-order chi connectivity index (χ0) is 13.0. The Morgan fingerprint density at radius 2 is 2.18 bits per heavy atom. The first-order chi connectivity index (χ1) is 7.99. The van der Waals surface area contributed by atoms with Gasteiger partial charge in [0.25, 0.3) is 0 Å². The van der Waals surface area contributed by atoms with Gasteiger partial charge in [-0.3, -0.25) is 0 Å². The molecule has 0 fully saturated rings. The number of rotatable bonds is 3. The number of alkyl halides is 2. The second kappa shape index (κ2) is 5.77. The minimum absolute atomic E-state index is 0.0443. The van der Waals surface area contributed by atoms with Crippen molar-refractivity contribution in [1.29, 1.82) is 5.26 Å². The molecule has 0 saturated heterocycles. The first-order valence-electron chi connectivity index (χ1n) is 4.26. The maximum Gasteiger partial charge on any atom is 0.387 e. The van der Waals surface area contributed by atoms with E-state index in [4.69, 9.17) is 5.26 Å². The molecule has 1 aromatic rings. The van der Waals surface area contributed by atoms with Crippen molar-refractivity contribution in [2.75, 3.05) is 7.11 Å². The van der Waals surface area contributed by atoms with E-state index in [0.29, 0.717) is 3.57 Å². The first kappa shape index (κ1) is 13.6. The number of carbonyl (C=O) groups is 1. The highest BCUT2D eigenvalue weighted by Gasteiger charge is 2.17. The van der Waals surface area contributed by atoms with Crippen LogP contribution in [0.15, 0.2) is 12.1 Å². The fourth-order valence-electron chi connectivity index (χ4n) is 1.11. The summed E-state index contributed by atoms with van der Waals surface area (Å²) in [6.07, 6.45) is 0. The Labute approximate surface area is 109 Å². The van der Waals surface area contributed by atoms with Crippen LogP contribution >= 0.6 is 22.6 Å². The second-order valence-corrected chi connectivity index (χ2v) is 3.97. The van der Waals surface area contributed by atoms with E-state index in [-0.39, 0.29) is 16.9 Å². The summed E-state index contributed by atoms with van der Waals surface area (Å²) in [5, 5.41) is 8.81. The number of carbonyl (C=O) groups excluding carboxylic acids is 1. The van der Waals surface area contributed by atoms with Crippen LogP contribution in [0.4, 0.5) is 8.78 Å². The maximum absolute atomic E-state index is 12.1. The Morgan fingerprint density at radius 1 is 1.53 bits per heavy atom. The molecule has 4 nitrogen and oxygen atoms in total. The third-order valence-corrected chi connectivity index (χ3v) is 2.66. The lowest BCUT2D eigenvalue weighted by atomic mass is 10.1. The summed E-state index contributed by atoms with van der Waals surface area (Å²) in [6.45, 7) is -3.00. The molecule has 0 spiro atoms. The van der Waals surface area contributed by atoms with Crippen molar-refractivity contribution in [3.8, 4) is 11.8 Å². The number of nitrogens with zero attached hydrogens (tertiary/aromatic N) is 1. The topological polar surface area (TPSA) is 59.3 Å². The molecule has 17 heavy (non-hydrogen) atoms. The molecule has 0 radical (unpaired) electrons. The van der Waals surface area contributed by atoms with Gasteiger partial charge >= 0.3 is 12.6 Å². The number of halogens is 3. The average Bonchev–Trinajstić information content (AvgIpc) is 2.29. The van der Waals surface area contributed by atoms with Crippen molar-refractivity contribution in [2.45, 2.75) is 6.61 Å². The maximum atomic E-state index is 12.1. The molecule has 0 aliphatic carbocycles. The Bertz CT molecular complexity index is 485. The quantitative estimate of drug-likeness (QED) is 0.619. The summed E-state index contributed by atoms with van der Waals surface area (Å²) in [5.74, 6) is -0.947. The fourth-order valence-corrected chi connectivity index (χ4v) is 1.71. The largest absolute Gasteiger partial charge is 0.465 e. The van der Waals surface area contributed by atoms with Gasteiger partial charge in [-0.15, -0.1) is 0 Å². The molecule has 0 aliphatic rings. The van der Waals surface area contributed by atoms with Gasteiger partial charge in [0.15, 0.2) is 0 Å². The lowest BCUT2D eigenvalue weighted by molar-refractivity contribution is -0.0505. The molecular formula is C10H6F2INO3. The van der Waals surface area contributed by atoms with Crippen molar-refractivity contribution >= 4 is 28.6 Å². The molecule has 1 aromatic carbocycles. The molecular weight excluding hydrogens is 347 g/mol. The van der Waals surface area contributed by atoms with Crippen LogP contribution in [0.1, 0.15) is 15.9 Å². The number of benzene rings is 1. The van der Waals surface area contributed by atoms with Crippen LogP contribution in [0.25, 0.3) is 0 Å². The molecule has 0 heterocycles. The molecule has 0 saturated carbocycles. The molecule has 0 aliphatic heterocycles. The van der Waals surface area contributed by atoms with Crippen molar-refractivity contribution < 1.29 is 23.0 Å². The van der Waals surface area contributed by atoms with E-state index in [2.05, 4.69) is 9.47 Å². The number of methoxy groups -OCH3 is 1. The summed E-state index contributed by atoms with van der Waals surface area (Å²) in [7, 11) is 1.13. The van der Waals surface area contributed by atoms with Crippen LogP contribution in [-0.4, -0.2) is 19.7 Å². The van der Waals surface area contributed by atoms with Gasteiger partial charge in [-0.1, -0.05) is 0 Å². The Kier molecular flexibility index (Phi) is 4.62. The van der Waals surface area contributed by atoms with Gasteiger partial charge in [-0.05, 0) is 34.7 Å². The van der Waals surface area contributed by atoms with E-state index in [1.165, 1.54) is 6.07 Å². The minimum atomic E-state index is -3.00. The summed E-state index contributed by atoms with van der Waals surface area (Å²) in [5.41, 5.74) is -0.0612. The van der Waals surface area contributed by atoms with Crippen LogP contribution in [0, 0.1) is 14.9 Å². The molecule has 7 heteroatoms. The lowest BCUT2D eigenvalue weighted by Crippen LogP contribution is -2.08. The monoisotopic (exact) mass is 353 g/mol. The van der Waals surface area contributed by atoms with E-state index in [0.717, 1.165) is 13.2 Å². The third-order valence-electron chi connectivity index (χ3n) is 1.81. The fraction of sp³-hybridized carbons (Fsp3) is 0.200. The standard InChI is InChI=1S/C10H6F2INO3/c1-16-9(15)6-3-8(17-10(11)12)7(13)2-5(6)4-14/h2-3,10H,1H3. The first-order valence-corrected chi connectivity index (χ1v) is 5.34. The number of ether oxygens (including phenoxy) is 2. The van der Waals surface area contributed by atoms with Gasteiger partial charge in [0.2, 0.25) is 0 Å². The molecule has 1 rings (SSSR count). The van der Waals surface area contributed by atoms with Gasteiger partial charge < -0.3 is 9.47 Å². The van der Waals surface area contributed by atoms with Gasteiger partial charge in [0, 0.05) is 0 Å². The summed E-state index contributed by atoms with van der Waals surface area (Å²) >= 11 is 1.73. The Hall–Kier alpha value is -1.43. The van der Waals surface area contributed by atoms with Crippen LogP contribution in [0.5, 0.6) is 5.75 Å². The van der Waals surface area contributed by atoms with E-state index < -0.39 is 12.6 Å². The highest BCUT2D eigenvalue weighted by Crippen LogP contribution is 2.27. The summed E-state index contributed by atoms with van der Waals surface area (Å²) in [4.78, 5) is 11.3. The summed E-state index contributed by atoms with van der Waals surface area (Å²) in [6, 6.07) is 4.13. The van der Waals surface area contributed by atoms with Crippen molar-refractivity contribution in [3.63, 3.8) is 0 Å². The lowest BCUT2D eigenvalue weighted by Gasteiger charge is -2.09. The van der Waals surface area contributed by atoms with Crippen LogP contribution in [0.2, 0.25) is 0 Å². The number of nitriles is 1. The molecule has 0 aromatic heterocycles. The molecule has 0 N–H and O–H groups in total. The molecule has 90 valence electrons. The van der Waals surface area contributed by atoms with Gasteiger partial charge in [-0.2, -0.15) is 14.0 Å². The van der Waals surface area contributed by atoms with E-state index in [1.54, 1.807) is 28.7 Å². The predicted molar refractivity (Wildman–Crippen MR) is 61.8 cm³/mol. The van der Waals surface area contributed by atoms with Crippen molar-refractivity contribution in [1.82, 2.24) is 0 Å². The zero-order valence-corrected chi connectivity index (χ0v) is 10.7. The highest BCUT2D eigenvalue weighted by atomic mass is 127. The Morgan fingerprint density at radius 3 is 2.65 bits per heavy atom. The van der Waals surface area contributed by atoms with Crippen molar-refractivity contribution in [3.05, 3.63) is 26.8 Å². The van der Waals surface area contributed by atoms with Gasteiger partial charge in [0.05, 0.1) is 21.8 Å². The molecule has 0 atom stereocenters. The summed E-state index contributed by atoms with van der Waals surface area (Å²) < 4.78 is 33.2. The number of hydrogen-bond acceptors (Lipinski definition) is 4. The van der Waals surface area contributed by atoms with Crippen molar-refractivity contribution in [2.24, 2.45) is 0 Å². The van der Waals surface area contributed by atoms with Gasteiger partial charge in [-0.25, -0.2) is 4.79 Å². The second-order valence-electron chi connectivity index (χ2n) is 2.81. The van der Waals surface area contributed by atoms with E-state index >= 15 is 0 Å². The van der Waals surface area contributed by atoms with Crippen LogP contribution in [0.3, 0.4) is 0 Å². The number of hydrogen-bond donors (Lipinski definition) is 0. The minimum Gasteiger partial charge on any atom is -0.465 e. The highest BCUT2D eigenvalue weighted by molar-refractivity contribution is 14.1. The zero-order valence-electron chi connectivity index (χ0n) is 8.54. The van der Waals surface area contributed by atoms with Gasteiger partial charge in [0.1, 0.15) is 11.8 Å². The smallest absolute Gasteiger partial charge is 0.387 e. The average molecular weight is 353 g/mol. The van der Waals surface area contributed by atoms with Crippen LogP contribution in [-0.2, 0) is 4.74 Å². The molecule has 0 amide bonds.